The van der Waals surface area contributed by atoms with Crippen molar-refractivity contribution in [2.75, 3.05) is 14.2 Å². The number of fused-ring (bicyclic) bond motifs is 1. The van der Waals surface area contributed by atoms with Crippen molar-refractivity contribution in [2.45, 2.75) is 4.90 Å². The van der Waals surface area contributed by atoms with E-state index in [0.717, 1.165) is 4.31 Å². The number of carbonyl (C=O) groups excluding carboxylic acids is 1. The number of sulfonamides is 1. The number of hydrogen-bond acceptors (Lipinski definition) is 4. The first-order chi connectivity index (χ1) is 11.0. The molecule has 0 saturated carbocycles. The highest BCUT2D eigenvalue weighted by Gasteiger charge is 2.36. The number of likely N-dealkylation sites (N-methyl/N-ethyl adjacent to an activating group) is 1. The third-order valence-corrected chi connectivity index (χ3v) is 5.60. The van der Waals surface area contributed by atoms with Gasteiger partial charge in [-0.1, -0.05) is 30.3 Å². The summed E-state index contributed by atoms with van der Waals surface area (Å²) in [5.41, 5.74) is 0.916. The zero-order chi connectivity index (χ0) is 16.6. The molecular formula is C17H15NO4S. The zero-order valence-electron chi connectivity index (χ0n) is 12.7. The molecule has 23 heavy (non-hydrogen) atoms. The molecule has 0 saturated heterocycles. The number of ketones is 1. The van der Waals surface area contributed by atoms with Crippen LogP contribution < -0.4 is 4.74 Å². The summed E-state index contributed by atoms with van der Waals surface area (Å²) in [6.45, 7) is 0. The number of para-hydroxylation sites is 1. The highest BCUT2D eigenvalue weighted by molar-refractivity contribution is 7.89. The normalized spacial score (nSPS) is 17.9. The average molecular weight is 329 g/mol. The number of benzene rings is 2. The van der Waals surface area contributed by atoms with E-state index >= 15 is 0 Å². The lowest BCUT2D eigenvalue weighted by atomic mass is 10.1. The molecule has 118 valence electrons. The Labute approximate surface area is 134 Å². The van der Waals surface area contributed by atoms with Crippen LogP contribution in [0.5, 0.6) is 5.75 Å². The zero-order valence-corrected chi connectivity index (χ0v) is 13.5. The third-order valence-electron chi connectivity index (χ3n) is 3.77. The molecule has 0 spiro atoms. The number of methoxy groups -OCH3 is 1. The van der Waals surface area contributed by atoms with E-state index in [4.69, 9.17) is 4.74 Å². The van der Waals surface area contributed by atoms with Gasteiger partial charge in [0.2, 0.25) is 5.78 Å². The van der Waals surface area contributed by atoms with Crippen LogP contribution in [0.25, 0.3) is 6.08 Å². The Morgan fingerprint density at radius 2 is 1.70 bits per heavy atom. The van der Waals surface area contributed by atoms with Crippen molar-refractivity contribution < 1.29 is 17.9 Å². The molecule has 0 aromatic heterocycles. The first-order valence-corrected chi connectivity index (χ1v) is 8.38. The lowest BCUT2D eigenvalue weighted by Gasteiger charge is -2.28. The number of ether oxygens (including phenoxy) is 1. The van der Waals surface area contributed by atoms with Crippen LogP contribution >= 0.6 is 0 Å². The minimum Gasteiger partial charge on any atom is -0.496 e. The molecule has 6 heteroatoms. The van der Waals surface area contributed by atoms with E-state index in [1.165, 1.54) is 32.4 Å². The Bertz CT molecular complexity index is 916. The largest absolute Gasteiger partial charge is 0.496 e. The summed E-state index contributed by atoms with van der Waals surface area (Å²) in [7, 11) is -0.836. The number of rotatable bonds is 2. The second kappa shape index (κ2) is 5.55. The topological polar surface area (TPSA) is 63.7 Å². The van der Waals surface area contributed by atoms with Gasteiger partial charge in [0.25, 0.3) is 10.0 Å². The van der Waals surface area contributed by atoms with Crippen molar-refractivity contribution in [3.63, 3.8) is 0 Å². The maximum atomic E-state index is 12.7. The highest BCUT2D eigenvalue weighted by Crippen LogP contribution is 2.32. The molecule has 1 aliphatic rings. The van der Waals surface area contributed by atoms with Crippen LogP contribution in [-0.2, 0) is 10.0 Å². The summed E-state index contributed by atoms with van der Waals surface area (Å²) in [5.74, 6) is 0.237. The molecule has 0 amide bonds. The van der Waals surface area contributed by atoms with Crippen molar-refractivity contribution in [3.05, 3.63) is 65.4 Å². The number of nitrogens with zero attached hydrogens (tertiary/aromatic N) is 1. The summed E-state index contributed by atoms with van der Waals surface area (Å²) in [4.78, 5) is 12.7. The molecule has 1 heterocycles. The fourth-order valence-electron chi connectivity index (χ4n) is 2.53. The van der Waals surface area contributed by atoms with E-state index in [-0.39, 0.29) is 21.9 Å². The average Bonchev–Trinajstić information content (AvgIpc) is 2.57. The maximum Gasteiger partial charge on any atom is 0.264 e. The lowest BCUT2D eigenvalue weighted by molar-refractivity contribution is 0.101. The van der Waals surface area contributed by atoms with Crippen LogP contribution in [0.3, 0.4) is 0 Å². The molecule has 1 aliphatic heterocycles. The molecule has 0 unspecified atom stereocenters. The summed E-state index contributed by atoms with van der Waals surface area (Å²) in [6, 6.07) is 13.3. The summed E-state index contributed by atoms with van der Waals surface area (Å²) < 4.78 is 31.5. The van der Waals surface area contributed by atoms with Gasteiger partial charge in [0.15, 0.2) is 0 Å². The molecule has 0 atom stereocenters. The van der Waals surface area contributed by atoms with Gasteiger partial charge in [0.05, 0.1) is 12.0 Å². The van der Waals surface area contributed by atoms with Crippen molar-refractivity contribution in [1.29, 1.82) is 0 Å². The van der Waals surface area contributed by atoms with Gasteiger partial charge in [-0.3, -0.25) is 9.10 Å². The Kier molecular flexibility index (Phi) is 3.69. The standard InChI is InChI=1S/C17H15NO4S/c1-18-14(11-12-7-3-5-9-15(12)22-2)17(19)13-8-4-6-10-16(13)23(18,20)21/h3-11H,1-2H3/b14-11-. The number of Topliss-reactive ketones (excluding diaryl/α,β-unsaturated/α-hetero) is 1. The molecule has 0 aliphatic carbocycles. The molecule has 2 aromatic carbocycles. The van der Waals surface area contributed by atoms with E-state index in [2.05, 4.69) is 0 Å². The first-order valence-electron chi connectivity index (χ1n) is 6.94. The Morgan fingerprint density at radius 1 is 1.04 bits per heavy atom. The molecule has 3 rings (SSSR count). The minimum atomic E-state index is -3.74. The molecular weight excluding hydrogens is 314 g/mol. The van der Waals surface area contributed by atoms with Crippen molar-refractivity contribution >= 4 is 21.9 Å². The Balaban J connectivity index is 2.22. The van der Waals surface area contributed by atoms with Gasteiger partial charge in [-0.15, -0.1) is 0 Å². The molecule has 0 N–H and O–H groups in total. The predicted octanol–water partition coefficient (Wildman–Crippen LogP) is 2.55. The van der Waals surface area contributed by atoms with E-state index in [0.29, 0.717) is 11.3 Å². The van der Waals surface area contributed by atoms with Crippen LogP contribution in [0, 0.1) is 0 Å². The monoisotopic (exact) mass is 329 g/mol. The van der Waals surface area contributed by atoms with Gasteiger partial charge >= 0.3 is 0 Å². The van der Waals surface area contributed by atoms with Gasteiger partial charge in [-0.25, -0.2) is 8.42 Å². The van der Waals surface area contributed by atoms with Gasteiger partial charge in [-0.05, 0) is 24.3 Å². The lowest BCUT2D eigenvalue weighted by Crippen LogP contribution is -2.36. The van der Waals surface area contributed by atoms with Crippen molar-refractivity contribution in [2.24, 2.45) is 0 Å². The highest BCUT2D eigenvalue weighted by atomic mass is 32.2. The summed E-state index contributed by atoms with van der Waals surface area (Å²) >= 11 is 0. The Morgan fingerprint density at radius 3 is 2.43 bits per heavy atom. The summed E-state index contributed by atoms with van der Waals surface area (Å²) in [6.07, 6.45) is 1.54. The predicted molar refractivity (Wildman–Crippen MR) is 86.7 cm³/mol. The van der Waals surface area contributed by atoms with Crippen LogP contribution in [0.15, 0.2) is 59.1 Å². The number of carbonyl (C=O) groups is 1. The van der Waals surface area contributed by atoms with Crippen molar-refractivity contribution in [3.8, 4) is 5.75 Å². The van der Waals surface area contributed by atoms with Crippen LogP contribution in [-0.4, -0.2) is 32.7 Å². The molecule has 5 nitrogen and oxygen atoms in total. The van der Waals surface area contributed by atoms with Gasteiger partial charge in [-0.2, -0.15) is 0 Å². The quantitative estimate of drug-likeness (QED) is 0.794. The SMILES string of the molecule is COc1ccccc1/C=C1/C(=O)c2ccccc2S(=O)(=O)N1C. The van der Waals surface area contributed by atoms with E-state index in [1.807, 2.05) is 0 Å². The van der Waals surface area contributed by atoms with E-state index < -0.39 is 10.0 Å². The van der Waals surface area contributed by atoms with E-state index in [9.17, 15) is 13.2 Å². The van der Waals surface area contributed by atoms with Gasteiger partial charge < -0.3 is 4.74 Å². The second-order valence-electron chi connectivity index (χ2n) is 5.07. The first kappa shape index (κ1) is 15.3. The second-order valence-corrected chi connectivity index (χ2v) is 7.01. The number of hydrogen-bond donors (Lipinski definition) is 0. The van der Waals surface area contributed by atoms with Gasteiger partial charge in [0.1, 0.15) is 11.4 Å². The van der Waals surface area contributed by atoms with Crippen LogP contribution in [0.1, 0.15) is 15.9 Å². The van der Waals surface area contributed by atoms with Crippen LogP contribution in [0.2, 0.25) is 0 Å². The van der Waals surface area contributed by atoms with E-state index in [1.54, 1.807) is 36.4 Å². The fraction of sp³-hybridized carbons (Fsp3) is 0.118. The minimum absolute atomic E-state index is 0.0321. The Hall–Kier alpha value is -2.60. The van der Waals surface area contributed by atoms with Crippen molar-refractivity contribution in [1.82, 2.24) is 4.31 Å². The summed E-state index contributed by atoms with van der Waals surface area (Å²) in [5, 5.41) is 0. The fourth-order valence-corrected chi connectivity index (χ4v) is 3.91. The molecule has 0 radical (unpaired) electrons. The molecule has 0 fully saturated rings. The molecule has 0 bridgehead atoms. The van der Waals surface area contributed by atoms with Crippen LogP contribution in [0.4, 0.5) is 0 Å². The third kappa shape index (κ3) is 2.41. The molecule has 2 aromatic rings. The smallest absolute Gasteiger partial charge is 0.264 e. The number of allylic oxidation sites excluding steroid dienone is 1. The van der Waals surface area contributed by atoms with Gasteiger partial charge in [0, 0.05) is 18.2 Å². The maximum absolute atomic E-state index is 12.7.